The molecule has 0 bridgehead atoms. The zero-order valence-corrected chi connectivity index (χ0v) is 12.6. The topological polar surface area (TPSA) is 38.9 Å². The Hall–Kier alpha value is -0.780. The molecule has 0 saturated heterocycles. The van der Waals surface area contributed by atoms with Crippen LogP contribution in [0.25, 0.3) is 0 Å². The molecule has 0 aliphatic rings. The third-order valence-corrected chi connectivity index (χ3v) is 3.63. The molecule has 2 rings (SSSR count). The lowest BCUT2D eigenvalue weighted by Crippen LogP contribution is -2.15. The molecule has 0 radical (unpaired) electrons. The molecule has 5 heteroatoms. The van der Waals surface area contributed by atoms with Crippen LogP contribution in [0, 0.1) is 5.82 Å². The Morgan fingerprint density at radius 3 is 2.50 bits per heavy atom. The van der Waals surface area contributed by atoms with Crippen molar-refractivity contribution in [1.29, 1.82) is 0 Å². The molecule has 1 unspecified atom stereocenters. The van der Waals surface area contributed by atoms with E-state index in [0.717, 1.165) is 20.2 Å². The maximum Gasteiger partial charge on any atom is 0.123 e. The van der Waals surface area contributed by atoms with Crippen LogP contribution in [0.2, 0.25) is 0 Å². The molecular formula is C13H11Br2FN2. The fourth-order valence-corrected chi connectivity index (χ4v) is 2.95. The number of aromatic nitrogens is 1. The summed E-state index contributed by atoms with van der Waals surface area (Å²) in [5.74, 6) is -0.240. The first-order valence-corrected chi connectivity index (χ1v) is 6.96. The van der Waals surface area contributed by atoms with Crippen LogP contribution in [-0.4, -0.2) is 4.98 Å². The van der Waals surface area contributed by atoms with Gasteiger partial charge in [0.15, 0.2) is 0 Å². The van der Waals surface area contributed by atoms with Crippen LogP contribution >= 0.6 is 31.9 Å². The normalized spacial score (nSPS) is 12.4. The highest BCUT2D eigenvalue weighted by atomic mass is 79.9. The SMILES string of the molecule is NC(Cc1ccc(F)cc1)c1ncc(Br)cc1Br. The zero-order chi connectivity index (χ0) is 13.1. The van der Waals surface area contributed by atoms with E-state index in [1.54, 1.807) is 18.3 Å². The van der Waals surface area contributed by atoms with Crippen molar-refractivity contribution in [2.45, 2.75) is 12.5 Å². The predicted octanol–water partition coefficient (Wildman–Crippen LogP) is 3.99. The van der Waals surface area contributed by atoms with Gasteiger partial charge in [-0.2, -0.15) is 0 Å². The van der Waals surface area contributed by atoms with Crippen molar-refractivity contribution < 1.29 is 4.39 Å². The number of halogens is 3. The molecule has 0 aliphatic heterocycles. The van der Waals surface area contributed by atoms with Gasteiger partial charge in [0.2, 0.25) is 0 Å². The van der Waals surface area contributed by atoms with Crippen molar-refractivity contribution in [3.63, 3.8) is 0 Å². The van der Waals surface area contributed by atoms with Crippen LogP contribution < -0.4 is 5.73 Å². The van der Waals surface area contributed by atoms with Crippen LogP contribution in [0.3, 0.4) is 0 Å². The lowest BCUT2D eigenvalue weighted by atomic mass is 10.0. The molecule has 2 nitrogen and oxygen atoms in total. The summed E-state index contributed by atoms with van der Waals surface area (Å²) in [6, 6.07) is 8.03. The van der Waals surface area contributed by atoms with E-state index in [1.165, 1.54) is 12.1 Å². The third-order valence-electron chi connectivity index (χ3n) is 2.56. The second-order valence-corrected chi connectivity index (χ2v) is 5.73. The maximum atomic E-state index is 12.8. The first-order valence-electron chi connectivity index (χ1n) is 5.37. The van der Waals surface area contributed by atoms with Crippen molar-refractivity contribution >= 4 is 31.9 Å². The van der Waals surface area contributed by atoms with Crippen molar-refractivity contribution in [1.82, 2.24) is 4.98 Å². The molecule has 0 fully saturated rings. The first-order chi connectivity index (χ1) is 8.56. The number of nitrogens with zero attached hydrogens (tertiary/aromatic N) is 1. The predicted molar refractivity (Wildman–Crippen MR) is 76.7 cm³/mol. The van der Waals surface area contributed by atoms with E-state index in [2.05, 4.69) is 36.8 Å². The second-order valence-electron chi connectivity index (χ2n) is 3.96. The van der Waals surface area contributed by atoms with E-state index in [1.807, 2.05) is 6.07 Å². The van der Waals surface area contributed by atoms with E-state index < -0.39 is 0 Å². The first kappa shape index (κ1) is 13.6. The molecule has 18 heavy (non-hydrogen) atoms. The molecule has 2 aromatic rings. The Labute approximate surface area is 122 Å². The van der Waals surface area contributed by atoms with E-state index in [4.69, 9.17) is 5.73 Å². The molecule has 0 amide bonds. The standard InChI is InChI=1S/C13H11Br2FN2/c14-9-6-11(15)13(18-7-9)12(17)5-8-1-3-10(16)4-2-8/h1-4,6-7,12H,5,17H2. The van der Waals surface area contributed by atoms with Gasteiger partial charge in [-0.05, 0) is 62.0 Å². The van der Waals surface area contributed by atoms with Gasteiger partial charge in [-0.3, -0.25) is 4.98 Å². The minimum atomic E-state index is -0.240. The van der Waals surface area contributed by atoms with Gasteiger partial charge >= 0.3 is 0 Å². The molecular weight excluding hydrogens is 363 g/mol. The van der Waals surface area contributed by atoms with Gasteiger partial charge in [0, 0.05) is 15.1 Å². The van der Waals surface area contributed by atoms with Crippen LogP contribution in [0.5, 0.6) is 0 Å². The number of rotatable bonds is 3. The minimum absolute atomic E-state index is 0.224. The molecule has 1 aromatic carbocycles. The van der Waals surface area contributed by atoms with Gasteiger partial charge in [-0.25, -0.2) is 4.39 Å². The van der Waals surface area contributed by atoms with Crippen molar-refractivity contribution in [3.8, 4) is 0 Å². The number of nitrogens with two attached hydrogens (primary N) is 1. The quantitative estimate of drug-likeness (QED) is 0.883. The van der Waals surface area contributed by atoms with Crippen LogP contribution in [0.1, 0.15) is 17.3 Å². The molecule has 94 valence electrons. The summed E-state index contributed by atoms with van der Waals surface area (Å²) in [6.07, 6.45) is 2.33. The van der Waals surface area contributed by atoms with Gasteiger partial charge in [-0.15, -0.1) is 0 Å². The van der Waals surface area contributed by atoms with Crippen LogP contribution in [-0.2, 0) is 6.42 Å². The minimum Gasteiger partial charge on any atom is -0.322 e. The summed E-state index contributed by atoms with van der Waals surface area (Å²) in [5, 5.41) is 0. The maximum absolute atomic E-state index is 12.8. The summed E-state index contributed by atoms with van der Waals surface area (Å²) in [6.45, 7) is 0. The van der Waals surface area contributed by atoms with E-state index >= 15 is 0 Å². The second kappa shape index (κ2) is 5.91. The van der Waals surface area contributed by atoms with Gasteiger partial charge in [0.25, 0.3) is 0 Å². The average molecular weight is 374 g/mol. The van der Waals surface area contributed by atoms with E-state index in [-0.39, 0.29) is 11.9 Å². The highest BCUT2D eigenvalue weighted by molar-refractivity contribution is 9.11. The Morgan fingerprint density at radius 2 is 1.89 bits per heavy atom. The Kier molecular flexibility index (Phi) is 4.48. The zero-order valence-electron chi connectivity index (χ0n) is 9.41. The number of pyridine rings is 1. The monoisotopic (exact) mass is 372 g/mol. The highest BCUT2D eigenvalue weighted by Gasteiger charge is 2.12. The van der Waals surface area contributed by atoms with Crippen molar-refractivity contribution in [2.24, 2.45) is 5.73 Å². The van der Waals surface area contributed by atoms with Gasteiger partial charge < -0.3 is 5.73 Å². The third kappa shape index (κ3) is 3.37. The van der Waals surface area contributed by atoms with Crippen LogP contribution in [0.4, 0.5) is 4.39 Å². The molecule has 0 saturated carbocycles. The van der Waals surface area contributed by atoms with Crippen molar-refractivity contribution in [2.75, 3.05) is 0 Å². The van der Waals surface area contributed by atoms with Gasteiger partial charge in [-0.1, -0.05) is 12.1 Å². The van der Waals surface area contributed by atoms with E-state index in [0.29, 0.717) is 6.42 Å². The largest absolute Gasteiger partial charge is 0.322 e. The number of hydrogen-bond acceptors (Lipinski definition) is 2. The molecule has 1 aromatic heterocycles. The highest BCUT2D eigenvalue weighted by Crippen LogP contribution is 2.25. The number of benzene rings is 1. The van der Waals surface area contributed by atoms with Crippen molar-refractivity contribution in [3.05, 3.63) is 62.5 Å². The summed E-state index contributed by atoms with van der Waals surface area (Å²) < 4.78 is 14.6. The average Bonchev–Trinajstić information content (AvgIpc) is 2.32. The molecule has 2 N–H and O–H groups in total. The smallest absolute Gasteiger partial charge is 0.123 e. The summed E-state index contributed by atoms with van der Waals surface area (Å²) in [7, 11) is 0. The summed E-state index contributed by atoms with van der Waals surface area (Å²) in [4.78, 5) is 4.30. The molecule has 1 atom stereocenters. The molecule has 1 heterocycles. The van der Waals surface area contributed by atoms with Gasteiger partial charge in [0.1, 0.15) is 5.82 Å². The molecule has 0 aliphatic carbocycles. The fraction of sp³-hybridized carbons (Fsp3) is 0.154. The Bertz CT molecular complexity index is 543. The summed E-state index contributed by atoms with van der Waals surface area (Å²) in [5.41, 5.74) is 7.90. The lowest BCUT2D eigenvalue weighted by molar-refractivity contribution is 0.625. The Balaban J connectivity index is 2.16. The molecule has 0 spiro atoms. The Morgan fingerprint density at radius 1 is 1.22 bits per heavy atom. The van der Waals surface area contributed by atoms with Crippen LogP contribution in [0.15, 0.2) is 45.5 Å². The fourth-order valence-electron chi connectivity index (χ4n) is 1.67. The van der Waals surface area contributed by atoms with Gasteiger partial charge in [0.05, 0.1) is 11.7 Å². The summed E-state index contributed by atoms with van der Waals surface area (Å²) >= 11 is 6.79. The number of hydrogen-bond donors (Lipinski definition) is 1. The van der Waals surface area contributed by atoms with E-state index in [9.17, 15) is 4.39 Å². The lowest BCUT2D eigenvalue weighted by Gasteiger charge is -2.13.